The van der Waals surface area contributed by atoms with Crippen LogP contribution < -0.4 is 0 Å². The third-order valence-corrected chi connectivity index (χ3v) is 1.61. The van der Waals surface area contributed by atoms with Crippen molar-refractivity contribution in [1.29, 1.82) is 0 Å². The van der Waals surface area contributed by atoms with E-state index in [1.165, 1.54) is 0 Å². The first-order valence-electron chi connectivity index (χ1n) is 4.24. The van der Waals surface area contributed by atoms with Gasteiger partial charge < -0.3 is 0 Å². The molecule has 0 saturated heterocycles. The van der Waals surface area contributed by atoms with E-state index in [0.717, 1.165) is 0 Å². The van der Waals surface area contributed by atoms with E-state index in [-0.39, 0.29) is 22.9 Å². The number of Topliss-reactive ketones (excluding diaryl/α,β-unsaturated/α-hetero) is 1. The molecule has 0 atom stereocenters. The van der Waals surface area contributed by atoms with Gasteiger partial charge in [0.05, 0.1) is 5.92 Å². The van der Waals surface area contributed by atoms with Crippen LogP contribution in [0.5, 0.6) is 0 Å². The van der Waals surface area contributed by atoms with Gasteiger partial charge in [-0.1, -0.05) is 0 Å². The minimum absolute atomic E-state index is 0. The number of rotatable bonds is 1. The Morgan fingerprint density at radius 3 is 1.67 bits per heavy atom. The Morgan fingerprint density at radius 1 is 0.933 bits per heavy atom. The second-order valence-electron chi connectivity index (χ2n) is 2.61. The summed E-state index contributed by atoms with van der Waals surface area (Å²) in [6, 6.07) is 0. The molecule has 10 radical (unpaired) electrons. The fraction of sp³-hybridized carbons (Fsp3) is 0. The van der Waals surface area contributed by atoms with Gasteiger partial charge in [-0.25, -0.2) is 0 Å². The van der Waals surface area contributed by atoms with Gasteiger partial charge in [0.15, 0.2) is 0 Å². The minimum atomic E-state index is -0.250. The van der Waals surface area contributed by atoms with Crippen molar-refractivity contribution in [2.45, 2.75) is 0 Å². The molecule has 0 bridgehead atoms. The largest absolute Gasteiger partial charge is 2.00 e. The van der Waals surface area contributed by atoms with E-state index in [2.05, 4.69) is 0 Å². The second kappa shape index (κ2) is 9.01. The van der Waals surface area contributed by atoms with E-state index in [1.54, 1.807) is 25.7 Å². The Kier molecular flexibility index (Phi) is 8.86. The van der Waals surface area contributed by atoms with E-state index in [1.807, 2.05) is 38.0 Å². The van der Waals surface area contributed by atoms with Crippen LogP contribution in [0, 0.1) is 76.0 Å². The third-order valence-electron chi connectivity index (χ3n) is 1.61. The molecule has 2 saturated carbocycles. The molecule has 0 unspecified atom stereocenters. The van der Waals surface area contributed by atoms with Gasteiger partial charge in [0.1, 0.15) is 0 Å². The predicted octanol–water partition coefficient (Wildman–Crippen LogP) is 1.61. The van der Waals surface area contributed by atoms with Gasteiger partial charge in [0.2, 0.25) is 5.78 Å². The normalized spacial score (nSPS) is 19.7. The topological polar surface area (TPSA) is 17.1 Å². The molecule has 2 fully saturated rings. The molecule has 2 aliphatic carbocycles. The van der Waals surface area contributed by atoms with E-state index < -0.39 is 0 Å². The molecule has 0 heterocycles. The number of carbonyl (C=O) groups is 1. The number of carbonyl (C=O) groups excluding carboxylic acids is 1. The van der Waals surface area contributed by atoms with Crippen molar-refractivity contribution < 1.29 is 21.9 Å². The molecule has 0 spiro atoms. The number of ketones is 1. The average Bonchev–Trinajstić information content (AvgIpc) is 2.91. The molecule has 0 aromatic heterocycles. The molecule has 0 amide bonds. The first kappa shape index (κ1) is 14.7. The molecule has 0 N–H and O–H groups in total. The summed E-state index contributed by atoms with van der Waals surface area (Å²) in [5.74, 6) is 2.37. The zero-order valence-electron chi connectivity index (χ0n) is 8.04. The van der Waals surface area contributed by atoms with E-state index in [9.17, 15) is 4.79 Å². The van der Waals surface area contributed by atoms with Crippen molar-refractivity contribution in [3.05, 3.63) is 63.7 Å². The maximum Gasteiger partial charge on any atom is 2.00 e. The van der Waals surface area contributed by atoms with Crippen molar-refractivity contribution in [3.8, 4) is 12.3 Å². The van der Waals surface area contributed by atoms with Crippen molar-refractivity contribution in [2.75, 3.05) is 0 Å². The molecule has 2 rings (SSSR count). The number of hydrogen-bond acceptors (Lipinski definition) is 1. The summed E-state index contributed by atoms with van der Waals surface area (Å²) >= 11 is 0. The summed E-state index contributed by atoms with van der Waals surface area (Å²) in [7, 11) is 0. The van der Waals surface area contributed by atoms with Crippen LogP contribution in [-0.4, -0.2) is 5.78 Å². The molecular formula is C13H10FeO+2. The van der Waals surface area contributed by atoms with Crippen LogP contribution in [-0.2, 0) is 21.9 Å². The predicted molar refractivity (Wildman–Crippen MR) is 55.8 cm³/mol. The Balaban J connectivity index is 0.000000280. The van der Waals surface area contributed by atoms with Crippen LogP contribution in [0.15, 0.2) is 0 Å². The van der Waals surface area contributed by atoms with Gasteiger partial charge in [-0.15, -0.1) is 6.42 Å². The zero-order valence-corrected chi connectivity index (χ0v) is 9.14. The Hall–Kier alpha value is -0.251. The maximum atomic E-state index is 10.6. The molecule has 0 aromatic rings. The standard InChI is InChI=1S/C8H5O.C5H5.Fe/c1-2-8(9)7-5-3-4-6-7;1-2-4-5-3-1;/h1,3-6H;1-5H;/q;;+2. The van der Waals surface area contributed by atoms with Gasteiger partial charge in [-0.05, 0) is 63.7 Å². The van der Waals surface area contributed by atoms with Crippen LogP contribution in [0.3, 0.4) is 0 Å². The smallest absolute Gasteiger partial charge is 0.284 e. The second-order valence-corrected chi connectivity index (χ2v) is 2.61. The maximum absolute atomic E-state index is 10.6. The summed E-state index contributed by atoms with van der Waals surface area (Å²) in [6.07, 6.45) is 21.8. The monoisotopic (exact) mass is 238 g/mol. The van der Waals surface area contributed by atoms with Crippen LogP contribution in [0.4, 0.5) is 0 Å². The van der Waals surface area contributed by atoms with Crippen molar-refractivity contribution in [3.63, 3.8) is 0 Å². The fourth-order valence-corrected chi connectivity index (χ4v) is 0.929. The Bertz CT molecular complexity index is 199. The molecule has 15 heavy (non-hydrogen) atoms. The van der Waals surface area contributed by atoms with Gasteiger partial charge in [-0.3, -0.25) is 4.79 Å². The molecule has 74 valence electrons. The van der Waals surface area contributed by atoms with E-state index in [0.29, 0.717) is 5.92 Å². The van der Waals surface area contributed by atoms with Gasteiger partial charge in [0.25, 0.3) is 0 Å². The third kappa shape index (κ3) is 6.02. The summed E-state index contributed by atoms with van der Waals surface area (Å²) in [5.41, 5.74) is 0. The van der Waals surface area contributed by atoms with Crippen molar-refractivity contribution in [2.24, 2.45) is 0 Å². The molecule has 0 aliphatic heterocycles. The molecule has 1 nitrogen and oxygen atoms in total. The van der Waals surface area contributed by atoms with Crippen LogP contribution >= 0.6 is 0 Å². The van der Waals surface area contributed by atoms with Crippen molar-refractivity contribution >= 4 is 5.78 Å². The van der Waals surface area contributed by atoms with E-state index >= 15 is 0 Å². The molecule has 2 aliphatic rings. The number of hydrogen-bond donors (Lipinski definition) is 0. The molecular weight excluding hydrogens is 228 g/mol. The van der Waals surface area contributed by atoms with Crippen LogP contribution in [0.25, 0.3) is 0 Å². The Labute approximate surface area is 104 Å². The molecule has 0 aromatic carbocycles. The summed E-state index contributed by atoms with van der Waals surface area (Å²) in [5, 5.41) is 0. The number of terminal acetylenes is 1. The van der Waals surface area contributed by atoms with Gasteiger partial charge >= 0.3 is 17.1 Å². The Morgan fingerprint density at radius 2 is 1.33 bits per heavy atom. The SMILES string of the molecule is C#CC(=O)[C]1[CH][CH][CH][CH]1.[CH]1[CH][CH][CH][CH]1.[Fe+2]. The van der Waals surface area contributed by atoms with Gasteiger partial charge in [-0.2, -0.15) is 0 Å². The summed E-state index contributed by atoms with van der Waals surface area (Å²) in [6.45, 7) is 0. The van der Waals surface area contributed by atoms with Crippen LogP contribution in [0.2, 0.25) is 0 Å². The quantitative estimate of drug-likeness (QED) is 0.385. The average molecular weight is 238 g/mol. The zero-order chi connectivity index (χ0) is 10.2. The van der Waals surface area contributed by atoms with Gasteiger partial charge in [0, 0.05) is 0 Å². The van der Waals surface area contributed by atoms with Crippen molar-refractivity contribution in [1.82, 2.24) is 0 Å². The summed E-state index contributed by atoms with van der Waals surface area (Å²) < 4.78 is 0. The molecule has 2 heteroatoms. The minimum Gasteiger partial charge on any atom is -0.284 e. The van der Waals surface area contributed by atoms with Crippen LogP contribution in [0.1, 0.15) is 0 Å². The fourth-order valence-electron chi connectivity index (χ4n) is 0.929. The van der Waals surface area contributed by atoms with E-state index in [4.69, 9.17) is 6.42 Å². The first-order valence-corrected chi connectivity index (χ1v) is 4.24. The first-order chi connectivity index (χ1) is 6.84. The summed E-state index contributed by atoms with van der Waals surface area (Å²) in [4.78, 5) is 10.6.